The van der Waals surface area contributed by atoms with Gasteiger partial charge in [-0.05, 0) is 6.42 Å². The van der Waals surface area contributed by atoms with Crippen molar-refractivity contribution in [2.45, 2.75) is 26.7 Å². The average Bonchev–Trinajstić information content (AvgIpc) is 3.03. The van der Waals surface area contributed by atoms with Gasteiger partial charge in [0.05, 0.1) is 0 Å². The third-order valence-corrected chi connectivity index (χ3v) is 3.98. The number of halogens is 2. The molecule has 4 rings (SSSR count). The van der Waals surface area contributed by atoms with Gasteiger partial charge in [-0.2, -0.15) is 35.9 Å². The maximum Gasteiger partial charge on any atom is 4.00 e. The summed E-state index contributed by atoms with van der Waals surface area (Å²) < 4.78 is 0. The second-order valence-corrected chi connectivity index (χ2v) is 5.29. The summed E-state index contributed by atoms with van der Waals surface area (Å²) in [6.45, 7) is 4.22. The molecule has 0 saturated carbocycles. The van der Waals surface area contributed by atoms with E-state index in [2.05, 4.69) is 68.5 Å². The Hall–Kier alpha value is -0.617. The van der Waals surface area contributed by atoms with E-state index in [-0.39, 0.29) is 51.0 Å². The summed E-state index contributed by atoms with van der Waals surface area (Å²) in [5.74, 6) is 0. The Labute approximate surface area is 171 Å². The molecule has 0 saturated heterocycles. The third-order valence-electron chi connectivity index (χ3n) is 3.98. The Morgan fingerprint density at radius 2 is 1.61 bits per heavy atom. The molecule has 2 aliphatic carbocycles. The first-order valence-corrected chi connectivity index (χ1v) is 7.08. The fraction of sp³-hybridized carbons (Fsp3) is 0.200. The Morgan fingerprint density at radius 1 is 0.913 bits per heavy atom. The molecule has 2 aromatic carbocycles. The van der Waals surface area contributed by atoms with E-state index in [0.717, 1.165) is 12.8 Å². The van der Waals surface area contributed by atoms with Crippen molar-refractivity contribution in [1.82, 2.24) is 0 Å². The Bertz CT molecular complexity index is 643. The second-order valence-electron chi connectivity index (χ2n) is 5.29. The van der Waals surface area contributed by atoms with Gasteiger partial charge in [0.2, 0.25) is 0 Å². The molecule has 0 N–H and O–H groups in total. The molecule has 0 heterocycles. The van der Waals surface area contributed by atoms with Gasteiger partial charge in [-0.15, -0.1) is 18.9 Å². The van der Waals surface area contributed by atoms with Crippen LogP contribution < -0.4 is 24.8 Å². The summed E-state index contributed by atoms with van der Waals surface area (Å²) in [6, 6.07) is 18.1. The van der Waals surface area contributed by atoms with Crippen LogP contribution in [0.2, 0.25) is 0 Å². The van der Waals surface area contributed by atoms with E-state index in [0.29, 0.717) is 0 Å². The van der Waals surface area contributed by atoms with Gasteiger partial charge >= 0.3 is 26.2 Å². The molecule has 2 aromatic rings. The van der Waals surface area contributed by atoms with E-state index < -0.39 is 0 Å². The Kier molecular flexibility index (Phi) is 10.0. The van der Waals surface area contributed by atoms with Crippen LogP contribution in [0.5, 0.6) is 0 Å². The summed E-state index contributed by atoms with van der Waals surface area (Å²) in [7, 11) is 0. The maximum atomic E-state index is 3.30. The minimum atomic E-state index is 0. The van der Waals surface area contributed by atoms with Crippen molar-refractivity contribution in [1.29, 1.82) is 0 Å². The van der Waals surface area contributed by atoms with Gasteiger partial charge in [-0.1, -0.05) is 42.3 Å². The molecule has 0 aromatic heterocycles. The van der Waals surface area contributed by atoms with E-state index in [9.17, 15) is 0 Å². The van der Waals surface area contributed by atoms with E-state index in [1.54, 1.807) is 0 Å². The van der Waals surface area contributed by atoms with Gasteiger partial charge < -0.3 is 24.8 Å². The van der Waals surface area contributed by atoms with Crippen molar-refractivity contribution in [2.75, 3.05) is 0 Å². The van der Waals surface area contributed by atoms with Crippen molar-refractivity contribution in [3.05, 3.63) is 83.0 Å². The molecular formula is C20H18Cl2Zr. The largest absolute Gasteiger partial charge is 4.00 e. The van der Waals surface area contributed by atoms with E-state index in [1.807, 2.05) is 6.07 Å². The molecular weight excluding hydrogens is 402 g/mol. The Morgan fingerprint density at radius 3 is 2.22 bits per heavy atom. The second kappa shape index (κ2) is 10.3. The standard InChI is InChI=1S/C13H9.C7H9.2ClH.Zr/c1-3-7-12-10(5-1)9-11-6-2-4-8-13(11)12;1-6-4-3-5-7(6)2;;;/h1-5,7-8H,9H2;4H,3H2,1-2H3;2*1H;/q2*-1;;;+4/p-2. The molecule has 0 nitrogen and oxygen atoms in total. The van der Waals surface area contributed by atoms with E-state index in [1.165, 1.54) is 33.4 Å². The number of allylic oxidation sites excluding steroid dienone is 4. The van der Waals surface area contributed by atoms with Gasteiger partial charge in [-0.25, -0.2) is 11.1 Å². The minimum Gasteiger partial charge on any atom is -1.00 e. The molecule has 2 aliphatic rings. The zero-order chi connectivity index (χ0) is 13.9. The number of hydrogen-bond acceptors (Lipinski definition) is 0. The van der Waals surface area contributed by atoms with Gasteiger partial charge in [0.15, 0.2) is 0 Å². The third kappa shape index (κ3) is 5.18. The molecule has 3 heteroatoms. The first-order chi connectivity index (χ1) is 9.75. The van der Waals surface area contributed by atoms with Crippen LogP contribution >= 0.6 is 0 Å². The minimum absolute atomic E-state index is 0. The summed E-state index contributed by atoms with van der Waals surface area (Å²) >= 11 is 0. The molecule has 0 amide bonds. The van der Waals surface area contributed by atoms with Crippen molar-refractivity contribution in [2.24, 2.45) is 0 Å². The number of hydrogen-bond donors (Lipinski definition) is 0. The van der Waals surface area contributed by atoms with Crippen molar-refractivity contribution in [3.8, 4) is 11.1 Å². The predicted octanol–water partition coefficient (Wildman–Crippen LogP) is -0.851. The van der Waals surface area contributed by atoms with Gasteiger partial charge in [0, 0.05) is 0 Å². The fourth-order valence-electron chi connectivity index (χ4n) is 2.65. The van der Waals surface area contributed by atoms with Gasteiger partial charge in [0.25, 0.3) is 0 Å². The van der Waals surface area contributed by atoms with E-state index in [4.69, 9.17) is 0 Å². The zero-order valence-electron chi connectivity index (χ0n) is 13.3. The Balaban J connectivity index is 0.000000426. The normalized spacial score (nSPS) is 12.8. The van der Waals surface area contributed by atoms with Crippen molar-refractivity contribution >= 4 is 0 Å². The first kappa shape index (κ1) is 22.4. The maximum absolute atomic E-state index is 3.30. The molecule has 23 heavy (non-hydrogen) atoms. The molecule has 0 aliphatic heterocycles. The topological polar surface area (TPSA) is 0 Å². The molecule has 116 valence electrons. The predicted molar refractivity (Wildman–Crippen MR) is 84.3 cm³/mol. The SMILES string of the molecule is CC1=[C-]CC=C1C.[Cl-].[Cl-].[Zr+4].[c-]1cccc2c1Cc1ccccc1-2. The van der Waals surface area contributed by atoms with Crippen LogP contribution in [0.1, 0.15) is 31.4 Å². The quantitative estimate of drug-likeness (QED) is 0.416. The van der Waals surface area contributed by atoms with Crippen LogP contribution in [-0.4, -0.2) is 0 Å². The molecule has 0 spiro atoms. The van der Waals surface area contributed by atoms with Crippen molar-refractivity contribution in [3.63, 3.8) is 0 Å². The van der Waals surface area contributed by atoms with Gasteiger partial charge in [0.1, 0.15) is 0 Å². The van der Waals surface area contributed by atoms with Crippen LogP contribution in [0.15, 0.2) is 59.7 Å². The van der Waals surface area contributed by atoms with Crippen LogP contribution in [0.25, 0.3) is 11.1 Å². The molecule has 0 radical (unpaired) electrons. The van der Waals surface area contributed by atoms with E-state index >= 15 is 0 Å². The molecule has 0 bridgehead atoms. The number of fused-ring (bicyclic) bond motifs is 3. The van der Waals surface area contributed by atoms with Gasteiger partial charge in [-0.3, -0.25) is 6.08 Å². The van der Waals surface area contributed by atoms with Crippen LogP contribution in [0, 0.1) is 12.1 Å². The molecule has 0 atom stereocenters. The number of benzene rings is 2. The van der Waals surface area contributed by atoms with Crippen LogP contribution in [0.3, 0.4) is 0 Å². The zero-order valence-corrected chi connectivity index (χ0v) is 17.3. The monoisotopic (exact) mass is 418 g/mol. The first-order valence-electron chi connectivity index (χ1n) is 7.08. The smallest absolute Gasteiger partial charge is 1.00 e. The summed E-state index contributed by atoms with van der Waals surface area (Å²) in [5.41, 5.74) is 8.22. The van der Waals surface area contributed by atoms with Crippen LogP contribution in [0.4, 0.5) is 0 Å². The average molecular weight is 420 g/mol. The summed E-state index contributed by atoms with van der Waals surface area (Å²) in [6.07, 6.45) is 7.46. The summed E-state index contributed by atoms with van der Waals surface area (Å²) in [4.78, 5) is 0. The molecule has 0 fully saturated rings. The van der Waals surface area contributed by atoms with Crippen LogP contribution in [-0.2, 0) is 32.6 Å². The fourth-order valence-corrected chi connectivity index (χ4v) is 2.65. The number of rotatable bonds is 0. The summed E-state index contributed by atoms with van der Waals surface area (Å²) in [5, 5.41) is 0. The molecule has 0 unspecified atom stereocenters. The van der Waals surface area contributed by atoms with Crippen molar-refractivity contribution < 1.29 is 51.0 Å².